The lowest BCUT2D eigenvalue weighted by atomic mass is 10.6. The molecule has 42 valence electrons. The summed E-state index contributed by atoms with van der Waals surface area (Å²) in [6.07, 6.45) is 0. The maximum atomic E-state index is 5.02. The maximum absolute atomic E-state index is 5.02. The number of ether oxygens (including phenoxy) is 2. The number of hydrogen-bond acceptors (Lipinski definition) is 3. The molecule has 1 aliphatic rings. The van der Waals surface area contributed by atoms with Gasteiger partial charge in [-0.1, -0.05) is 0 Å². The molecule has 1 heterocycles. The van der Waals surface area contributed by atoms with E-state index in [1.807, 2.05) is 0 Å². The Morgan fingerprint density at radius 3 is 2.57 bits per heavy atom. The Bertz CT molecular complexity index is 51.7. The van der Waals surface area contributed by atoms with E-state index < -0.39 is 0 Å². The van der Waals surface area contributed by atoms with Crippen LogP contribution in [0.2, 0.25) is 0 Å². The van der Waals surface area contributed by atoms with Crippen molar-refractivity contribution in [1.29, 1.82) is 0 Å². The zero-order valence-electron chi connectivity index (χ0n) is 3.96. The van der Waals surface area contributed by atoms with Gasteiger partial charge in [0.15, 0.2) is 0 Å². The largest absolute Gasteiger partial charge is 0.375 e. The summed E-state index contributed by atoms with van der Waals surface area (Å²) in [7, 11) is 0. The topological polar surface area (TPSA) is 18.5 Å². The van der Waals surface area contributed by atoms with Crippen molar-refractivity contribution < 1.29 is 9.47 Å². The summed E-state index contributed by atoms with van der Waals surface area (Å²) in [5.41, 5.74) is 0.00810. The van der Waals surface area contributed by atoms with Crippen molar-refractivity contribution >= 4 is 12.6 Å². The molecule has 3 heteroatoms. The van der Waals surface area contributed by atoms with Gasteiger partial charge in [-0.3, -0.25) is 0 Å². The first-order valence-electron chi connectivity index (χ1n) is 2.27. The molecule has 0 N–H and O–H groups in total. The van der Waals surface area contributed by atoms with E-state index in [0.717, 1.165) is 6.61 Å². The minimum absolute atomic E-state index is 0.00810. The van der Waals surface area contributed by atoms with Gasteiger partial charge in [-0.25, -0.2) is 0 Å². The Hall–Kier alpha value is 0.270. The fourth-order valence-corrected chi connectivity index (χ4v) is 0.686. The van der Waals surface area contributed by atoms with Crippen molar-refractivity contribution in [2.75, 3.05) is 19.8 Å². The van der Waals surface area contributed by atoms with Crippen LogP contribution in [0.3, 0.4) is 0 Å². The average molecular weight is 120 g/mol. The molecule has 1 rings (SSSR count). The van der Waals surface area contributed by atoms with E-state index >= 15 is 0 Å². The molecule has 0 aromatic carbocycles. The molecule has 0 saturated carbocycles. The fraction of sp³-hybridized carbons (Fsp3) is 1.00. The monoisotopic (exact) mass is 120 g/mol. The molecule has 0 bridgehead atoms. The molecule has 0 aliphatic carbocycles. The van der Waals surface area contributed by atoms with Gasteiger partial charge >= 0.3 is 0 Å². The smallest absolute Gasteiger partial charge is 0.123 e. The molecule has 0 radical (unpaired) electrons. The Morgan fingerprint density at radius 2 is 2.29 bits per heavy atom. The van der Waals surface area contributed by atoms with Crippen LogP contribution < -0.4 is 0 Å². The summed E-state index contributed by atoms with van der Waals surface area (Å²) in [5, 5.41) is 0. The minimum atomic E-state index is 0.00810. The molecule has 2 nitrogen and oxygen atoms in total. The zero-order valence-corrected chi connectivity index (χ0v) is 4.86. The first-order valence-corrected chi connectivity index (χ1v) is 2.78. The van der Waals surface area contributed by atoms with Gasteiger partial charge in [0, 0.05) is 0 Å². The molecule has 1 fully saturated rings. The van der Waals surface area contributed by atoms with E-state index in [9.17, 15) is 0 Å². The van der Waals surface area contributed by atoms with Crippen molar-refractivity contribution in [3.05, 3.63) is 0 Å². The number of rotatable bonds is 0. The molecule has 1 atom stereocenters. The standard InChI is InChI=1S/C4H8O2S/c7-4-3-5-1-2-6-4/h4,7H,1-3H2. The first kappa shape index (κ1) is 5.41. The molecule has 0 amide bonds. The van der Waals surface area contributed by atoms with Crippen LogP contribution in [0.1, 0.15) is 0 Å². The Morgan fingerprint density at radius 1 is 1.43 bits per heavy atom. The van der Waals surface area contributed by atoms with E-state index in [0.29, 0.717) is 13.2 Å². The molecule has 1 unspecified atom stereocenters. The highest BCUT2D eigenvalue weighted by atomic mass is 32.1. The van der Waals surface area contributed by atoms with Crippen LogP contribution in [0, 0.1) is 0 Å². The molecule has 1 saturated heterocycles. The summed E-state index contributed by atoms with van der Waals surface area (Å²) >= 11 is 4.01. The van der Waals surface area contributed by atoms with Crippen molar-refractivity contribution in [1.82, 2.24) is 0 Å². The van der Waals surface area contributed by atoms with Gasteiger partial charge in [-0.15, -0.1) is 12.6 Å². The van der Waals surface area contributed by atoms with Crippen LogP contribution in [-0.2, 0) is 9.47 Å². The van der Waals surface area contributed by atoms with Crippen LogP contribution in [0.4, 0.5) is 0 Å². The van der Waals surface area contributed by atoms with Gasteiger partial charge in [-0.2, -0.15) is 0 Å². The second-order valence-electron chi connectivity index (χ2n) is 1.40. The van der Waals surface area contributed by atoms with Gasteiger partial charge < -0.3 is 9.47 Å². The summed E-state index contributed by atoms with van der Waals surface area (Å²) in [4.78, 5) is 0. The zero-order chi connectivity index (χ0) is 5.11. The van der Waals surface area contributed by atoms with Crippen LogP contribution in [0.5, 0.6) is 0 Å². The predicted molar refractivity (Wildman–Crippen MR) is 29.5 cm³/mol. The number of thiol groups is 1. The highest BCUT2D eigenvalue weighted by Gasteiger charge is 2.06. The average Bonchev–Trinajstić information content (AvgIpc) is 1.69. The lowest BCUT2D eigenvalue weighted by Crippen LogP contribution is -2.23. The van der Waals surface area contributed by atoms with Crippen molar-refractivity contribution in [3.8, 4) is 0 Å². The van der Waals surface area contributed by atoms with Gasteiger partial charge in [0.1, 0.15) is 5.44 Å². The van der Waals surface area contributed by atoms with Crippen LogP contribution in [0.15, 0.2) is 0 Å². The van der Waals surface area contributed by atoms with Gasteiger partial charge in [0.2, 0.25) is 0 Å². The number of hydrogen-bond donors (Lipinski definition) is 1. The Balaban J connectivity index is 2.12. The maximum Gasteiger partial charge on any atom is 0.123 e. The third-order valence-electron chi connectivity index (χ3n) is 0.798. The van der Waals surface area contributed by atoms with E-state index in [4.69, 9.17) is 9.47 Å². The molecule has 7 heavy (non-hydrogen) atoms. The third-order valence-corrected chi connectivity index (χ3v) is 1.10. The second kappa shape index (κ2) is 2.55. The van der Waals surface area contributed by atoms with Crippen LogP contribution >= 0.6 is 12.6 Å². The molecule has 0 aromatic heterocycles. The summed E-state index contributed by atoms with van der Waals surface area (Å²) in [6.45, 7) is 2.04. The van der Waals surface area contributed by atoms with Crippen molar-refractivity contribution in [2.24, 2.45) is 0 Å². The van der Waals surface area contributed by atoms with Crippen LogP contribution in [0.25, 0.3) is 0 Å². The first-order chi connectivity index (χ1) is 3.39. The normalized spacial score (nSPS) is 33.0. The van der Waals surface area contributed by atoms with Crippen molar-refractivity contribution in [3.63, 3.8) is 0 Å². The summed E-state index contributed by atoms with van der Waals surface area (Å²) < 4.78 is 10.00. The van der Waals surface area contributed by atoms with Crippen LogP contribution in [-0.4, -0.2) is 25.3 Å². The lowest BCUT2D eigenvalue weighted by molar-refractivity contribution is -0.0489. The predicted octanol–water partition coefficient (Wildman–Crippen LogP) is 0.289. The minimum Gasteiger partial charge on any atom is -0.375 e. The molecule has 0 spiro atoms. The van der Waals surface area contributed by atoms with E-state index in [2.05, 4.69) is 12.6 Å². The highest BCUT2D eigenvalue weighted by Crippen LogP contribution is 2.02. The van der Waals surface area contributed by atoms with E-state index in [-0.39, 0.29) is 5.44 Å². The Kier molecular flexibility index (Phi) is 1.97. The lowest BCUT2D eigenvalue weighted by Gasteiger charge is -2.17. The van der Waals surface area contributed by atoms with Gasteiger partial charge in [0.25, 0.3) is 0 Å². The fourth-order valence-electron chi connectivity index (χ4n) is 0.475. The Labute approximate surface area is 48.2 Å². The summed E-state index contributed by atoms with van der Waals surface area (Å²) in [5.74, 6) is 0. The SMILES string of the molecule is SC1COCCO1. The molecular formula is C4H8O2S. The van der Waals surface area contributed by atoms with E-state index in [1.165, 1.54) is 0 Å². The highest BCUT2D eigenvalue weighted by molar-refractivity contribution is 7.80. The van der Waals surface area contributed by atoms with Gasteiger partial charge in [-0.05, 0) is 0 Å². The van der Waals surface area contributed by atoms with E-state index in [1.54, 1.807) is 0 Å². The van der Waals surface area contributed by atoms with Gasteiger partial charge in [0.05, 0.1) is 19.8 Å². The third kappa shape index (κ3) is 1.67. The van der Waals surface area contributed by atoms with Crippen molar-refractivity contribution in [2.45, 2.75) is 5.44 Å². The molecule has 1 aliphatic heterocycles. The summed E-state index contributed by atoms with van der Waals surface area (Å²) in [6, 6.07) is 0. The molecular weight excluding hydrogens is 112 g/mol. The quantitative estimate of drug-likeness (QED) is 0.463. The molecule has 0 aromatic rings. The second-order valence-corrected chi connectivity index (χ2v) is 1.98.